The van der Waals surface area contributed by atoms with Gasteiger partial charge in [-0.1, -0.05) is 6.07 Å². The Kier molecular flexibility index (Phi) is 5.62. The molecule has 0 aliphatic carbocycles. The Morgan fingerprint density at radius 2 is 1.83 bits per heavy atom. The van der Waals surface area contributed by atoms with Gasteiger partial charge in [0.15, 0.2) is 21.3 Å². The van der Waals surface area contributed by atoms with Crippen molar-refractivity contribution >= 4 is 27.3 Å². The van der Waals surface area contributed by atoms with Crippen LogP contribution in [0.1, 0.15) is 38.5 Å². The predicted molar refractivity (Wildman–Crippen MR) is 110 cm³/mol. The average Bonchev–Trinajstić information content (AvgIpc) is 2.92. The lowest BCUT2D eigenvalue weighted by atomic mass is 10.1. The molecule has 2 aromatic rings. The number of phenolic OH excluding ortho intramolecular Hbond substituents is 1. The zero-order valence-corrected chi connectivity index (χ0v) is 17.5. The van der Waals surface area contributed by atoms with E-state index in [9.17, 15) is 23.1 Å². The van der Waals surface area contributed by atoms with E-state index in [1.54, 1.807) is 19.1 Å². The summed E-state index contributed by atoms with van der Waals surface area (Å²) >= 11 is 0. The van der Waals surface area contributed by atoms with Crippen molar-refractivity contribution in [2.45, 2.75) is 12.2 Å². The number of amides is 2. The maximum absolute atomic E-state index is 12.8. The SMILES string of the molecule is CCOc1cc(C(CN2C(=O)c3ccc(O)c(N)c3C2=O)S(C)(=O)=O)ccc1OC. The molecule has 1 aliphatic rings. The van der Waals surface area contributed by atoms with Gasteiger partial charge in [0.05, 0.1) is 37.1 Å². The fourth-order valence-corrected chi connectivity index (χ4v) is 4.43. The third-order valence-corrected chi connectivity index (χ3v) is 6.34. The maximum Gasteiger partial charge on any atom is 0.263 e. The minimum Gasteiger partial charge on any atom is -0.506 e. The van der Waals surface area contributed by atoms with Gasteiger partial charge in [0.2, 0.25) is 0 Å². The number of ether oxygens (including phenoxy) is 2. The lowest BCUT2D eigenvalue weighted by Gasteiger charge is -2.22. The van der Waals surface area contributed by atoms with Crippen molar-refractivity contribution in [1.29, 1.82) is 0 Å². The molecule has 2 amide bonds. The van der Waals surface area contributed by atoms with Gasteiger partial charge in [0, 0.05) is 6.26 Å². The number of methoxy groups -OCH3 is 1. The Morgan fingerprint density at radius 1 is 1.13 bits per heavy atom. The summed E-state index contributed by atoms with van der Waals surface area (Å²) in [7, 11) is -2.27. The van der Waals surface area contributed by atoms with E-state index < -0.39 is 33.4 Å². The van der Waals surface area contributed by atoms with Gasteiger partial charge in [-0.25, -0.2) is 8.42 Å². The minimum absolute atomic E-state index is 0.0206. The number of sulfone groups is 1. The highest BCUT2D eigenvalue weighted by atomic mass is 32.2. The second kappa shape index (κ2) is 7.86. The summed E-state index contributed by atoms with van der Waals surface area (Å²) in [6, 6.07) is 7.14. The largest absolute Gasteiger partial charge is 0.506 e. The summed E-state index contributed by atoms with van der Waals surface area (Å²) in [5.74, 6) is -0.975. The molecule has 0 saturated carbocycles. The van der Waals surface area contributed by atoms with Gasteiger partial charge in [0.1, 0.15) is 11.0 Å². The van der Waals surface area contributed by atoms with Crippen molar-refractivity contribution in [1.82, 2.24) is 4.90 Å². The summed E-state index contributed by atoms with van der Waals surface area (Å²) < 4.78 is 35.9. The van der Waals surface area contributed by atoms with Crippen molar-refractivity contribution in [3.8, 4) is 17.2 Å². The number of phenols is 1. The highest BCUT2D eigenvalue weighted by Crippen LogP contribution is 2.37. The fraction of sp³-hybridized carbons (Fsp3) is 0.300. The molecule has 2 aromatic carbocycles. The molecule has 0 fully saturated rings. The van der Waals surface area contributed by atoms with Crippen LogP contribution in [0.2, 0.25) is 0 Å². The summed E-state index contributed by atoms with van der Waals surface area (Å²) in [6.07, 6.45) is 1.03. The highest BCUT2D eigenvalue weighted by Gasteiger charge is 2.41. The molecular formula is C20H22N2O7S. The number of hydrogen-bond acceptors (Lipinski definition) is 8. The van der Waals surface area contributed by atoms with Gasteiger partial charge in [-0.3, -0.25) is 14.5 Å². The average molecular weight is 434 g/mol. The molecule has 1 atom stereocenters. The van der Waals surface area contributed by atoms with Crippen LogP contribution in [-0.4, -0.2) is 56.8 Å². The number of rotatable bonds is 7. The number of fused-ring (bicyclic) bond motifs is 1. The van der Waals surface area contributed by atoms with Crippen LogP contribution in [0.15, 0.2) is 30.3 Å². The lowest BCUT2D eigenvalue weighted by molar-refractivity contribution is 0.0654. The van der Waals surface area contributed by atoms with Crippen LogP contribution in [0.5, 0.6) is 17.2 Å². The number of carbonyl (C=O) groups excluding carboxylic acids is 2. The summed E-state index contributed by atoms with van der Waals surface area (Å²) in [5, 5.41) is 8.57. The standard InChI is InChI=1S/C20H22N2O7S/c1-4-29-15-9-11(5-8-14(15)28-2)16(30(3,26)27)10-22-19(24)12-6-7-13(23)18(21)17(12)20(22)25/h5-9,16,23H,4,10,21H2,1-3H3. The third-order valence-electron chi connectivity index (χ3n) is 4.88. The first kappa shape index (κ1) is 21.4. The first-order valence-electron chi connectivity index (χ1n) is 9.07. The second-order valence-electron chi connectivity index (χ2n) is 6.80. The quantitative estimate of drug-likeness (QED) is 0.382. The van der Waals surface area contributed by atoms with E-state index in [2.05, 4.69) is 0 Å². The van der Waals surface area contributed by atoms with Crippen LogP contribution < -0.4 is 15.2 Å². The molecule has 10 heteroatoms. The van der Waals surface area contributed by atoms with Crippen LogP contribution >= 0.6 is 0 Å². The fourth-order valence-electron chi connectivity index (χ4n) is 3.37. The summed E-state index contributed by atoms with van der Waals surface area (Å²) in [6.45, 7) is 1.70. The molecular weight excluding hydrogens is 412 g/mol. The smallest absolute Gasteiger partial charge is 0.263 e. The van der Waals surface area contributed by atoms with Crippen molar-refractivity contribution in [2.24, 2.45) is 0 Å². The number of anilines is 1. The molecule has 30 heavy (non-hydrogen) atoms. The van der Waals surface area contributed by atoms with Gasteiger partial charge < -0.3 is 20.3 Å². The summed E-state index contributed by atoms with van der Waals surface area (Å²) in [5.41, 5.74) is 5.78. The number of nitrogens with two attached hydrogens (primary N) is 1. The van der Waals surface area contributed by atoms with E-state index in [1.165, 1.54) is 25.3 Å². The second-order valence-corrected chi connectivity index (χ2v) is 9.03. The Bertz CT molecular complexity index is 1130. The van der Waals surface area contributed by atoms with E-state index in [0.29, 0.717) is 23.7 Å². The molecule has 0 bridgehead atoms. The van der Waals surface area contributed by atoms with Crippen molar-refractivity contribution in [3.05, 3.63) is 47.0 Å². The van der Waals surface area contributed by atoms with E-state index in [4.69, 9.17) is 15.2 Å². The molecule has 0 spiro atoms. The molecule has 0 saturated heterocycles. The normalized spacial score (nSPS) is 14.6. The van der Waals surface area contributed by atoms with E-state index in [0.717, 1.165) is 11.2 Å². The Hall–Kier alpha value is -3.27. The van der Waals surface area contributed by atoms with Gasteiger partial charge in [-0.2, -0.15) is 0 Å². The van der Waals surface area contributed by atoms with Crippen molar-refractivity contribution in [3.63, 3.8) is 0 Å². The van der Waals surface area contributed by atoms with Crippen LogP contribution in [0.3, 0.4) is 0 Å². The molecule has 3 N–H and O–H groups in total. The molecule has 0 aromatic heterocycles. The Labute approximate surface area is 173 Å². The molecule has 3 rings (SSSR count). The minimum atomic E-state index is -3.73. The number of hydrogen-bond donors (Lipinski definition) is 2. The first-order valence-corrected chi connectivity index (χ1v) is 11.0. The van der Waals surface area contributed by atoms with Crippen LogP contribution in [-0.2, 0) is 9.84 Å². The number of benzene rings is 2. The van der Waals surface area contributed by atoms with Crippen LogP contribution in [0.4, 0.5) is 5.69 Å². The van der Waals surface area contributed by atoms with Gasteiger partial charge in [-0.05, 0) is 36.8 Å². The van der Waals surface area contributed by atoms with E-state index >= 15 is 0 Å². The highest BCUT2D eigenvalue weighted by molar-refractivity contribution is 7.91. The van der Waals surface area contributed by atoms with E-state index in [-0.39, 0.29) is 22.6 Å². The van der Waals surface area contributed by atoms with Gasteiger partial charge in [-0.15, -0.1) is 0 Å². The lowest BCUT2D eigenvalue weighted by Crippen LogP contribution is -2.36. The van der Waals surface area contributed by atoms with Crippen LogP contribution in [0, 0.1) is 0 Å². The molecule has 0 radical (unpaired) electrons. The monoisotopic (exact) mass is 434 g/mol. The number of carbonyl (C=O) groups is 2. The third kappa shape index (κ3) is 3.65. The number of aromatic hydroxyl groups is 1. The molecule has 9 nitrogen and oxygen atoms in total. The topological polar surface area (TPSA) is 136 Å². The van der Waals surface area contributed by atoms with Crippen molar-refractivity contribution < 1.29 is 32.6 Å². The summed E-state index contributed by atoms with van der Waals surface area (Å²) in [4.78, 5) is 26.4. The van der Waals surface area contributed by atoms with Crippen molar-refractivity contribution in [2.75, 3.05) is 32.3 Å². The molecule has 160 valence electrons. The first-order chi connectivity index (χ1) is 14.1. The van der Waals surface area contributed by atoms with E-state index in [1.807, 2.05) is 0 Å². The predicted octanol–water partition coefficient (Wildman–Crippen LogP) is 1.76. The zero-order valence-electron chi connectivity index (χ0n) is 16.7. The molecule has 1 aliphatic heterocycles. The zero-order chi connectivity index (χ0) is 22.2. The number of imide groups is 1. The Balaban J connectivity index is 2.02. The maximum atomic E-state index is 12.8. The number of nitrogen functional groups attached to an aromatic ring is 1. The van der Waals surface area contributed by atoms with Crippen LogP contribution in [0.25, 0.3) is 0 Å². The molecule has 1 unspecified atom stereocenters. The van der Waals surface area contributed by atoms with Gasteiger partial charge >= 0.3 is 0 Å². The molecule has 1 heterocycles. The number of nitrogens with zero attached hydrogens (tertiary/aromatic N) is 1. The Morgan fingerprint density at radius 3 is 2.43 bits per heavy atom. The van der Waals surface area contributed by atoms with Gasteiger partial charge in [0.25, 0.3) is 11.8 Å².